The first-order valence-electron chi connectivity index (χ1n) is 8.73. The number of carbonyl (C=O) groups is 2. The van der Waals surface area contributed by atoms with Crippen molar-refractivity contribution in [3.8, 4) is 0 Å². The van der Waals surface area contributed by atoms with Crippen molar-refractivity contribution < 1.29 is 22.8 Å². The number of hydrogen-bond donors (Lipinski definition) is 2. The van der Waals surface area contributed by atoms with E-state index in [-0.39, 0.29) is 24.6 Å². The molecule has 3 heterocycles. The number of anilines is 1. The summed E-state index contributed by atoms with van der Waals surface area (Å²) < 4.78 is 33.6. The summed E-state index contributed by atoms with van der Waals surface area (Å²) in [5.41, 5.74) is 1.27. The molecule has 10 heteroatoms. The Labute approximate surface area is 168 Å². The van der Waals surface area contributed by atoms with E-state index in [9.17, 15) is 18.4 Å². The lowest BCUT2D eigenvalue weighted by molar-refractivity contribution is -0.122. The third-order valence-corrected chi connectivity index (χ3v) is 5.33. The number of halogens is 2. The van der Waals surface area contributed by atoms with Gasteiger partial charge in [0.2, 0.25) is 5.91 Å². The molecule has 4 rings (SSSR count). The Morgan fingerprint density at radius 2 is 2.10 bits per heavy atom. The fraction of sp³-hybridized carbons (Fsp3) is 0.211. The average Bonchev–Trinajstić information content (AvgIpc) is 3.40. The largest absolute Gasteiger partial charge is 0.467 e. The minimum atomic E-state index is -0.962. The number of aromatic nitrogens is 2. The topological polar surface area (TPSA) is 89.2 Å². The fourth-order valence-electron chi connectivity index (χ4n) is 2.96. The summed E-state index contributed by atoms with van der Waals surface area (Å²) in [6, 6.07) is 6.19. The van der Waals surface area contributed by atoms with E-state index in [0.29, 0.717) is 29.2 Å². The normalized spacial score (nSPS) is 12.6. The molecule has 0 radical (unpaired) electrons. The fourth-order valence-corrected chi connectivity index (χ4v) is 3.99. The van der Waals surface area contributed by atoms with Crippen LogP contribution >= 0.6 is 11.8 Å². The number of benzene rings is 1. The maximum absolute atomic E-state index is 13.9. The number of fused-ring (bicyclic) bond motifs is 1. The number of nitrogens with one attached hydrogen (secondary N) is 2. The van der Waals surface area contributed by atoms with Gasteiger partial charge in [-0.05, 0) is 24.3 Å². The maximum atomic E-state index is 13.9. The van der Waals surface area contributed by atoms with E-state index < -0.39 is 17.5 Å². The minimum Gasteiger partial charge on any atom is -0.467 e. The Kier molecular flexibility index (Phi) is 5.34. The molecule has 0 saturated carbocycles. The molecular formula is C19H16F2N4O3S. The van der Waals surface area contributed by atoms with Crippen molar-refractivity contribution in [2.45, 2.75) is 24.6 Å². The predicted molar refractivity (Wildman–Crippen MR) is 102 cm³/mol. The van der Waals surface area contributed by atoms with Crippen LogP contribution in [0.1, 0.15) is 27.4 Å². The summed E-state index contributed by atoms with van der Waals surface area (Å²) in [4.78, 5) is 24.8. The molecule has 1 aliphatic rings. The molecule has 0 aliphatic carbocycles. The molecular weight excluding hydrogens is 402 g/mol. The van der Waals surface area contributed by atoms with Gasteiger partial charge in [-0.3, -0.25) is 9.59 Å². The zero-order valence-electron chi connectivity index (χ0n) is 15.1. The molecule has 7 nitrogen and oxygen atoms in total. The number of amides is 2. The highest BCUT2D eigenvalue weighted by Crippen LogP contribution is 2.35. The van der Waals surface area contributed by atoms with Crippen LogP contribution in [-0.4, -0.2) is 21.6 Å². The maximum Gasteiger partial charge on any atom is 0.259 e. The zero-order valence-corrected chi connectivity index (χ0v) is 15.9. The zero-order chi connectivity index (χ0) is 20.4. The number of rotatable bonds is 6. The van der Waals surface area contributed by atoms with E-state index in [4.69, 9.17) is 4.42 Å². The third-order valence-electron chi connectivity index (χ3n) is 4.36. The molecule has 1 aliphatic heterocycles. The first-order chi connectivity index (χ1) is 14.0. The van der Waals surface area contributed by atoms with Crippen molar-refractivity contribution in [2.24, 2.45) is 0 Å². The van der Waals surface area contributed by atoms with Gasteiger partial charge in [0.15, 0.2) is 0 Å². The van der Waals surface area contributed by atoms with Crippen molar-refractivity contribution in [1.82, 2.24) is 15.1 Å². The molecule has 150 valence electrons. The molecule has 3 aromatic rings. The number of hydrogen-bond acceptors (Lipinski definition) is 5. The Morgan fingerprint density at radius 1 is 1.24 bits per heavy atom. The summed E-state index contributed by atoms with van der Waals surface area (Å²) in [6.07, 6.45) is 1.51. The molecule has 2 amide bonds. The van der Waals surface area contributed by atoms with Crippen LogP contribution in [0.4, 0.5) is 14.6 Å². The van der Waals surface area contributed by atoms with Crippen molar-refractivity contribution in [3.63, 3.8) is 0 Å². The van der Waals surface area contributed by atoms with Crippen LogP contribution in [-0.2, 0) is 29.4 Å². The van der Waals surface area contributed by atoms with E-state index >= 15 is 0 Å². The summed E-state index contributed by atoms with van der Waals surface area (Å²) in [5, 5.41) is 9.74. The molecule has 1 aromatic carbocycles. The Morgan fingerprint density at radius 3 is 2.86 bits per heavy atom. The summed E-state index contributed by atoms with van der Waals surface area (Å²) in [6.45, 7) is 0.102. The van der Waals surface area contributed by atoms with Crippen LogP contribution < -0.4 is 10.6 Å². The lowest BCUT2D eigenvalue weighted by Crippen LogP contribution is -2.28. The van der Waals surface area contributed by atoms with Crippen molar-refractivity contribution in [3.05, 3.63) is 70.8 Å². The van der Waals surface area contributed by atoms with Gasteiger partial charge in [0.25, 0.3) is 5.91 Å². The lowest BCUT2D eigenvalue weighted by Gasteiger charge is -2.11. The van der Waals surface area contributed by atoms with E-state index in [1.165, 1.54) is 10.9 Å². The van der Waals surface area contributed by atoms with Crippen LogP contribution in [0.3, 0.4) is 0 Å². The van der Waals surface area contributed by atoms with Gasteiger partial charge >= 0.3 is 0 Å². The second kappa shape index (κ2) is 8.08. The quantitative estimate of drug-likeness (QED) is 0.642. The number of nitrogens with zero attached hydrogens (tertiary/aromatic N) is 2. The highest BCUT2D eigenvalue weighted by Gasteiger charge is 2.26. The molecule has 0 bridgehead atoms. The second-order valence-corrected chi connectivity index (χ2v) is 7.34. The highest BCUT2D eigenvalue weighted by molar-refractivity contribution is 7.98. The smallest absolute Gasteiger partial charge is 0.259 e. The van der Waals surface area contributed by atoms with Gasteiger partial charge in [0.1, 0.15) is 29.8 Å². The van der Waals surface area contributed by atoms with Gasteiger partial charge in [-0.25, -0.2) is 13.5 Å². The van der Waals surface area contributed by atoms with Gasteiger partial charge in [0.05, 0.1) is 24.1 Å². The van der Waals surface area contributed by atoms with E-state index in [2.05, 4.69) is 15.7 Å². The van der Waals surface area contributed by atoms with Gasteiger partial charge < -0.3 is 15.1 Å². The van der Waals surface area contributed by atoms with Crippen LogP contribution in [0, 0.1) is 11.6 Å². The molecule has 29 heavy (non-hydrogen) atoms. The van der Waals surface area contributed by atoms with Crippen LogP contribution in [0.25, 0.3) is 0 Å². The second-order valence-electron chi connectivity index (χ2n) is 6.36. The summed E-state index contributed by atoms with van der Waals surface area (Å²) in [7, 11) is 0. The Bertz CT molecular complexity index is 1070. The van der Waals surface area contributed by atoms with Crippen LogP contribution in [0.15, 0.2) is 41.0 Å². The Balaban J connectivity index is 1.51. The van der Waals surface area contributed by atoms with E-state index in [1.54, 1.807) is 23.9 Å². The van der Waals surface area contributed by atoms with Crippen LogP contribution in [0.2, 0.25) is 0 Å². The molecule has 0 spiro atoms. The van der Waals surface area contributed by atoms with Crippen molar-refractivity contribution in [2.75, 3.05) is 5.32 Å². The minimum absolute atomic E-state index is 0.125. The molecule has 0 saturated heterocycles. The van der Waals surface area contributed by atoms with E-state index in [0.717, 1.165) is 23.4 Å². The van der Waals surface area contributed by atoms with Crippen LogP contribution in [0.5, 0.6) is 0 Å². The third kappa shape index (κ3) is 4.16. The summed E-state index contributed by atoms with van der Waals surface area (Å²) in [5.74, 6) is -0.567. The number of furan rings is 1. The van der Waals surface area contributed by atoms with Gasteiger partial charge in [-0.2, -0.15) is 16.9 Å². The first-order valence-corrected chi connectivity index (χ1v) is 9.88. The lowest BCUT2D eigenvalue weighted by atomic mass is 10.2. The summed E-state index contributed by atoms with van der Waals surface area (Å²) >= 11 is 1.62. The molecule has 0 unspecified atom stereocenters. The van der Waals surface area contributed by atoms with Gasteiger partial charge in [-0.1, -0.05) is 0 Å². The molecule has 0 atom stereocenters. The average molecular weight is 418 g/mol. The predicted octanol–water partition coefficient (Wildman–Crippen LogP) is 3.07. The molecule has 0 fully saturated rings. The van der Waals surface area contributed by atoms with Crippen molar-refractivity contribution in [1.29, 1.82) is 0 Å². The monoisotopic (exact) mass is 418 g/mol. The van der Waals surface area contributed by atoms with Gasteiger partial charge in [0, 0.05) is 23.1 Å². The first kappa shape index (κ1) is 19.2. The molecule has 2 aromatic heterocycles. The number of carbonyl (C=O) groups excluding carboxylic acids is 2. The van der Waals surface area contributed by atoms with E-state index in [1.807, 2.05) is 0 Å². The SMILES string of the molecule is O=C(Cn1nc2c(c1NC(=O)c1ccc(F)cc1F)CSC2)NCc1ccco1. The van der Waals surface area contributed by atoms with Gasteiger partial charge in [-0.15, -0.1) is 0 Å². The molecule has 2 N–H and O–H groups in total. The Hall–Kier alpha value is -3.14. The standard InChI is InChI=1S/C19H16F2N4O3S/c20-11-3-4-13(15(21)6-11)19(27)23-18-14-9-29-10-16(14)24-25(18)8-17(26)22-7-12-2-1-5-28-12/h1-6H,7-10H2,(H,22,26)(H,23,27). The highest BCUT2D eigenvalue weighted by atomic mass is 32.2. The number of thioether (sulfide) groups is 1. The van der Waals surface area contributed by atoms with Crippen molar-refractivity contribution >= 4 is 29.4 Å².